The molecular formula is C55H100O6. The van der Waals surface area contributed by atoms with Crippen LogP contribution in [0.25, 0.3) is 0 Å². The van der Waals surface area contributed by atoms with Crippen molar-refractivity contribution >= 4 is 17.9 Å². The third kappa shape index (κ3) is 48.5. The van der Waals surface area contributed by atoms with Crippen molar-refractivity contribution in [2.45, 2.75) is 284 Å². The summed E-state index contributed by atoms with van der Waals surface area (Å²) in [6, 6.07) is 0. The van der Waals surface area contributed by atoms with Gasteiger partial charge in [-0.05, 0) is 77.0 Å². The summed E-state index contributed by atoms with van der Waals surface area (Å²) in [6.45, 7) is 6.61. The highest BCUT2D eigenvalue weighted by Gasteiger charge is 2.19. The largest absolute Gasteiger partial charge is 0.462 e. The Morgan fingerprint density at radius 2 is 0.590 bits per heavy atom. The molecule has 0 aliphatic rings. The minimum atomic E-state index is -0.775. The molecule has 356 valence electrons. The maximum absolute atomic E-state index is 12.8. The van der Waals surface area contributed by atoms with Crippen molar-refractivity contribution in [2.24, 2.45) is 0 Å². The molecule has 0 aliphatic heterocycles. The molecule has 0 aromatic rings. The molecule has 0 aromatic carbocycles. The minimum absolute atomic E-state index is 0.0752. The van der Waals surface area contributed by atoms with Gasteiger partial charge in [-0.2, -0.15) is 0 Å². The van der Waals surface area contributed by atoms with Gasteiger partial charge in [0.05, 0.1) is 0 Å². The molecule has 0 unspecified atom stereocenters. The van der Waals surface area contributed by atoms with E-state index in [1.54, 1.807) is 0 Å². The van der Waals surface area contributed by atoms with Crippen LogP contribution in [-0.4, -0.2) is 37.2 Å². The summed E-state index contributed by atoms with van der Waals surface area (Å²) in [4.78, 5) is 38.0. The van der Waals surface area contributed by atoms with Gasteiger partial charge in [0, 0.05) is 19.3 Å². The third-order valence-electron chi connectivity index (χ3n) is 11.6. The van der Waals surface area contributed by atoms with Crippen molar-refractivity contribution in [1.82, 2.24) is 0 Å². The molecule has 0 saturated heterocycles. The Bertz CT molecular complexity index is 1030. The van der Waals surface area contributed by atoms with Crippen molar-refractivity contribution < 1.29 is 28.6 Å². The van der Waals surface area contributed by atoms with Gasteiger partial charge in [-0.3, -0.25) is 14.4 Å². The monoisotopic (exact) mass is 857 g/mol. The van der Waals surface area contributed by atoms with Gasteiger partial charge in [-0.25, -0.2) is 0 Å². The van der Waals surface area contributed by atoms with Crippen LogP contribution in [0.2, 0.25) is 0 Å². The van der Waals surface area contributed by atoms with E-state index in [-0.39, 0.29) is 31.1 Å². The van der Waals surface area contributed by atoms with Crippen molar-refractivity contribution in [2.75, 3.05) is 13.2 Å². The van der Waals surface area contributed by atoms with E-state index in [1.807, 2.05) is 0 Å². The lowest BCUT2D eigenvalue weighted by Crippen LogP contribution is -2.30. The molecule has 61 heavy (non-hydrogen) atoms. The van der Waals surface area contributed by atoms with E-state index < -0.39 is 6.10 Å². The Kier molecular flexibility index (Phi) is 48.3. The second kappa shape index (κ2) is 50.3. The van der Waals surface area contributed by atoms with Crippen LogP contribution in [0.15, 0.2) is 36.5 Å². The van der Waals surface area contributed by atoms with Crippen molar-refractivity contribution in [3.63, 3.8) is 0 Å². The maximum Gasteiger partial charge on any atom is 0.306 e. The predicted molar refractivity (Wildman–Crippen MR) is 261 cm³/mol. The Morgan fingerprint density at radius 3 is 0.951 bits per heavy atom. The van der Waals surface area contributed by atoms with Crippen molar-refractivity contribution in [3.05, 3.63) is 36.5 Å². The average molecular weight is 857 g/mol. The molecule has 0 aromatic heterocycles. The predicted octanol–water partition coefficient (Wildman–Crippen LogP) is 17.3. The van der Waals surface area contributed by atoms with E-state index in [4.69, 9.17) is 14.2 Å². The standard InChI is InChI=1S/C55H100O6/c1-4-7-10-13-16-19-22-24-26-27-29-31-34-37-40-43-46-49-55(58)61-52(50-59-53(56)47-44-41-38-35-32-21-18-15-12-9-6-3)51-60-54(57)48-45-42-39-36-33-30-28-25-23-20-17-14-11-8-5-2/h16,19,24-26,28,52H,4-15,17-18,20-23,27,29-51H2,1-3H3/b19-16-,26-24-,28-25-/t52-/m0/s1. The number of esters is 3. The molecule has 0 aliphatic carbocycles. The number of carbonyl (C=O) groups excluding carboxylic acids is 3. The minimum Gasteiger partial charge on any atom is -0.462 e. The first kappa shape index (κ1) is 58.6. The lowest BCUT2D eigenvalue weighted by Gasteiger charge is -2.18. The fraction of sp³-hybridized carbons (Fsp3) is 0.836. The van der Waals surface area contributed by atoms with Gasteiger partial charge in [-0.15, -0.1) is 0 Å². The number of hydrogen-bond donors (Lipinski definition) is 0. The van der Waals surface area contributed by atoms with Gasteiger partial charge >= 0.3 is 17.9 Å². The number of rotatable bonds is 48. The highest BCUT2D eigenvalue weighted by atomic mass is 16.6. The van der Waals surface area contributed by atoms with Crippen LogP contribution in [0.4, 0.5) is 0 Å². The molecule has 0 saturated carbocycles. The second-order valence-corrected chi connectivity index (χ2v) is 17.8. The van der Waals surface area contributed by atoms with Crippen LogP contribution in [0.1, 0.15) is 278 Å². The molecule has 6 nitrogen and oxygen atoms in total. The first-order valence-corrected chi connectivity index (χ1v) is 26.5. The summed E-state index contributed by atoms with van der Waals surface area (Å²) in [6.07, 6.45) is 58.4. The second-order valence-electron chi connectivity index (χ2n) is 17.8. The average Bonchev–Trinajstić information content (AvgIpc) is 3.26. The zero-order valence-corrected chi connectivity index (χ0v) is 40.7. The third-order valence-corrected chi connectivity index (χ3v) is 11.6. The Hall–Kier alpha value is -2.37. The van der Waals surface area contributed by atoms with E-state index in [9.17, 15) is 14.4 Å². The summed E-state index contributed by atoms with van der Waals surface area (Å²) >= 11 is 0. The zero-order chi connectivity index (χ0) is 44.4. The van der Waals surface area contributed by atoms with E-state index in [2.05, 4.69) is 57.2 Å². The van der Waals surface area contributed by atoms with Gasteiger partial charge in [0.1, 0.15) is 13.2 Å². The summed E-state index contributed by atoms with van der Waals surface area (Å²) in [5.41, 5.74) is 0. The van der Waals surface area contributed by atoms with Crippen LogP contribution < -0.4 is 0 Å². The molecule has 0 amide bonds. The van der Waals surface area contributed by atoms with Gasteiger partial charge in [0.25, 0.3) is 0 Å². The molecular weight excluding hydrogens is 757 g/mol. The van der Waals surface area contributed by atoms with E-state index in [0.29, 0.717) is 19.3 Å². The van der Waals surface area contributed by atoms with Crippen LogP contribution in [0, 0.1) is 0 Å². The molecule has 1 atom stereocenters. The summed E-state index contributed by atoms with van der Waals surface area (Å²) in [5, 5.41) is 0. The number of allylic oxidation sites excluding steroid dienone is 6. The molecule has 0 rings (SSSR count). The molecule has 0 radical (unpaired) electrons. The Labute approximate surface area is 378 Å². The fourth-order valence-electron chi connectivity index (χ4n) is 7.59. The number of hydrogen-bond acceptors (Lipinski definition) is 6. The topological polar surface area (TPSA) is 78.9 Å². The molecule has 0 N–H and O–H groups in total. The first-order valence-electron chi connectivity index (χ1n) is 26.5. The fourth-order valence-corrected chi connectivity index (χ4v) is 7.59. The van der Waals surface area contributed by atoms with E-state index >= 15 is 0 Å². The number of carbonyl (C=O) groups is 3. The lowest BCUT2D eigenvalue weighted by molar-refractivity contribution is -0.167. The Balaban J connectivity index is 4.36. The van der Waals surface area contributed by atoms with E-state index in [0.717, 1.165) is 77.0 Å². The number of unbranched alkanes of at least 4 members (excludes halogenated alkanes) is 31. The van der Waals surface area contributed by atoms with Crippen LogP contribution >= 0.6 is 0 Å². The van der Waals surface area contributed by atoms with Crippen LogP contribution in [-0.2, 0) is 28.6 Å². The normalized spacial score (nSPS) is 12.2. The summed E-state index contributed by atoms with van der Waals surface area (Å²) < 4.78 is 16.8. The van der Waals surface area contributed by atoms with Crippen LogP contribution in [0.5, 0.6) is 0 Å². The molecule has 0 heterocycles. The number of ether oxygens (including phenoxy) is 3. The van der Waals surface area contributed by atoms with Gasteiger partial charge < -0.3 is 14.2 Å². The Morgan fingerprint density at radius 1 is 0.328 bits per heavy atom. The smallest absolute Gasteiger partial charge is 0.306 e. The van der Waals surface area contributed by atoms with Crippen molar-refractivity contribution in [3.8, 4) is 0 Å². The maximum atomic E-state index is 12.8. The molecule has 0 spiro atoms. The summed E-state index contributed by atoms with van der Waals surface area (Å²) in [5.74, 6) is -0.882. The van der Waals surface area contributed by atoms with Gasteiger partial charge in [-0.1, -0.05) is 218 Å². The first-order chi connectivity index (χ1) is 30.0. The molecule has 0 fully saturated rings. The highest BCUT2D eigenvalue weighted by molar-refractivity contribution is 5.71. The summed E-state index contributed by atoms with van der Waals surface area (Å²) in [7, 11) is 0. The quantitative estimate of drug-likeness (QED) is 0.0262. The lowest BCUT2D eigenvalue weighted by atomic mass is 10.1. The van der Waals surface area contributed by atoms with Gasteiger partial charge in [0.15, 0.2) is 6.10 Å². The van der Waals surface area contributed by atoms with Crippen LogP contribution in [0.3, 0.4) is 0 Å². The van der Waals surface area contributed by atoms with Gasteiger partial charge in [0.2, 0.25) is 0 Å². The molecule has 0 bridgehead atoms. The zero-order valence-electron chi connectivity index (χ0n) is 40.7. The molecule has 6 heteroatoms. The SMILES string of the molecule is CCCCC/C=C\C/C=C\CCCCCCCCCC(=O)O[C@H](COC(=O)CCCCCCC/C=C\CCCCCCCC)COC(=O)CCCCCCCCCCCCC. The van der Waals surface area contributed by atoms with E-state index in [1.165, 1.54) is 161 Å². The van der Waals surface area contributed by atoms with Crippen molar-refractivity contribution in [1.29, 1.82) is 0 Å². The highest BCUT2D eigenvalue weighted by Crippen LogP contribution is 2.15.